The van der Waals surface area contributed by atoms with E-state index >= 15 is 0 Å². The van der Waals surface area contributed by atoms with Gasteiger partial charge in [-0.1, -0.05) is 53.3 Å². The smallest absolute Gasteiger partial charge is 0.348 e. The van der Waals surface area contributed by atoms with Crippen LogP contribution in [0.5, 0.6) is 0 Å². The molecule has 0 radical (unpaired) electrons. The predicted molar refractivity (Wildman–Crippen MR) is 111 cm³/mol. The lowest BCUT2D eigenvalue weighted by molar-refractivity contribution is -0.384. The van der Waals surface area contributed by atoms with E-state index in [0.29, 0.717) is 18.3 Å². The number of morpholine rings is 1. The topological polar surface area (TPSA) is 106 Å². The number of anilines is 2. The SMILES string of the molecule is O=[N+]([O-])c1c(Cl)ncnc1Nc1nc(-c2ccccc2)c(CN2CCOCC2)s1. The van der Waals surface area contributed by atoms with Gasteiger partial charge in [-0.15, -0.1) is 0 Å². The monoisotopic (exact) mass is 432 g/mol. The summed E-state index contributed by atoms with van der Waals surface area (Å²) in [5.74, 6) is 0.0151. The summed E-state index contributed by atoms with van der Waals surface area (Å²) in [6.45, 7) is 3.83. The molecule has 1 N–H and O–H groups in total. The third-order valence-electron chi connectivity index (χ3n) is 4.40. The fourth-order valence-electron chi connectivity index (χ4n) is 3.01. The van der Waals surface area contributed by atoms with Crippen molar-refractivity contribution in [1.29, 1.82) is 0 Å². The van der Waals surface area contributed by atoms with Gasteiger partial charge < -0.3 is 10.1 Å². The Hall–Kier alpha value is -2.66. The highest BCUT2D eigenvalue weighted by Gasteiger charge is 2.24. The normalized spacial score (nSPS) is 14.7. The average molecular weight is 433 g/mol. The van der Waals surface area contributed by atoms with Gasteiger partial charge in [0.1, 0.15) is 6.33 Å². The summed E-state index contributed by atoms with van der Waals surface area (Å²) in [4.78, 5) is 26.5. The van der Waals surface area contributed by atoms with Crippen molar-refractivity contribution in [2.75, 3.05) is 31.6 Å². The molecule has 9 nitrogen and oxygen atoms in total. The number of rotatable bonds is 6. The Labute approximate surface area is 175 Å². The molecule has 1 aliphatic rings. The molecule has 0 amide bonds. The Morgan fingerprint density at radius 2 is 2.00 bits per heavy atom. The molecule has 150 valence electrons. The molecule has 1 saturated heterocycles. The van der Waals surface area contributed by atoms with E-state index in [1.54, 1.807) is 0 Å². The fraction of sp³-hybridized carbons (Fsp3) is 0.278. The number of hydrogen-bond acceptors (Lipinski definition) is 9. The summed E-state index contributed by atoms with van der Waals surface area (Å²) in [6.07, 6.45) is 1.18. The number of thiazole rings is 1. The highest BCUT2D eigenvalue weighted by molar-refractivity contribution is 7.16. The number of benzene rings is 1. The summed E-state index contributed by atoms with van der Waals surface area (Å²) in [5.41, 5.74) is 1.45. The van der Waals surface area contributed by atoms with Crippen LogP contribution in [0.4, 0.5) is 16.6 Å². The van der Waals surface area contributed by atoms with Gasteiger partial charge in [0.2, 0.25) is 11.0 Å². The highest BCUT2D eigenvalue weighted by Crippen LogP contribution is 2.36. The Balaban J connectivity index is 1.68. The maximum Gasteiger partial charge on any atom is 0.348 e. The second-order valence-corrected chi connectivity index (χ2v) is 7.73. The molecular weight excluding hydrogens is 416 g/mol. The van der Waals surface area contributed by atoms with Crippen LogP contribution in [-0.4, -0.2) is 51.1 Å². The first-order valence-corrected chi connectivity index (χ1v) is 10.1. The van der Waals surface area contributed by atoms with Crippen LogP contribution in [-0.2, 0) is 11.3 Å². The molecular formula is C18H17ClN6O3S. The summed E-state index contributed by atoms with van der Waals surface area (Å²) >= 11 is 7.32. The predicted octanol–water partition coefficient (Wildman–Crippen LogP) is 3.74. The molecule has 0 saturated carbocycles. The van der Waals surface area contributed by atoms with Crippen LogP contribution in [0.1, 0.15) is 4.88 Å². The lowest BCUT2D eigenvalue weighted by Gasteiger charge is -2.26. The first kappa shape index (κ1) is 19.6. The van der Waals surface area contributed by atoms with Crippen LogP contribution >= 0.6 is 22.9 Å². The average Bonchev–Trinajstić information content (AvgIpc) is 3.11. The number of ether oxygens (including phenoxy) is 1. The molecule has 1 aromatic carbocycles. The summed E-state index contributed by atoms with van der Waals surface area (Å²) in [5, 5.41) is 14.6. The largest absolute Gasteiger partial charge is 0.379 e. The molecule has 0 unspecified atom stereocenters. The number of nitro groups is 1. The van der Waals surface area contributed by atoms with Crippen molar-refractivity contribution in [2.24, 2.45) is 0 Å². The van der Waals surface area contributed by atoms with Crippen LogP contribution in [0.3, 0.4) is 0 Å². The minimum atomic E-state index is -0.606. The van der Waals surface area contributed by atoms with Crippen molar-refractivity contribution >= 4 is 39.6 Å². The third-order valence-corrected chi connectivity index (χ3v) is 5.63. The fourth-order valence-corrected chi connectivity index (χ4v) is 4.24. The lowest BCUT2D eigenvalue weighted by Crippen LogP contribution is -2.35. The Morgan fingerprint density at radius 3 is 2.72 bits per heavy atom. The standard InChI is InChI=1S/C18H17ClN6O3S/c19-16-15(25(26)27)17(21-11-20-16)23-18-22-14(12-4-2-1-3-5-12)13(29-18)10-24-6-8-28-9-7-24/h1-5,11H,6-10H2,(H,20,21,22,23). The molecule has 3 aromatic rings. The molecule has 0 spiro atoms. The molecule has 4 rings (SSSR count). The van der Waals surface area contributed by atoms with Crippen molar-refractivity contribution < 1.29 is 9.66 Å². The molecule has 11 heteroatoms. The Bertz CT molecular complexity index is 1010. The van der Waals surface area contributed by atoms with Gasteiger partial charge in [-0.2, -0.15) is 0 Å². The van der Waals surface area contributed by atoms with Gasteiger partial charge >= 0.3 is 5.69 Å². The van der Waals surface area contributed by atoms with Gasteiger partial charge in [-0.3, -0.25) is 15.0 Å². The maximum atomic E-state index is 11.4. The van der Waals surface area contributed by atoms with E-state index in [4.69, 9.17) is 21.3 Å². The zero-order chi connectivity index (χ0) is 20.2. The summed E-state index contributed by atoms with van der Waals surface area (Å²) < 4.78 is 5.43. The number of aromatic nitrogens is 3. The van der Waals surface area contributed by atoms with Gasteiger partial charge in [0.05, 0.1) is 23.8 Å². The number of hydrogen-bond donors (Lipinski definition) is 1. The van der Waals surface area contributed by atoms with Crippen LogP contribution in [0.25, 0.3) is 11.3 Å². The third kappa shape index (κ3) is 4.51. The molecule has 1 aliphatic heterocycles. The Kier molecular flexibility index (Phi) is 5.95. The van der Waals surface area contributed by atoms with E-state index in [2.05, 4.69) is 20.2 Å². The van der Waals surface area contributed by atoms with E-state index in [1.165, 1.54) is 17.7 Å². The minimum absolute atomic E-state index is 0.0151. The van der Waals surface area contributed by atoms with Gasteiger partial charge in [-0.05, 0) is 0 Å². The maximum absolute atomic E-state index is 11.4. The number of nitrogens with one attached hydrogen (secondary N) is 1. The van der Waals surface area contributed by atoms with E-state index in [0.717, 1.165) is 35.8 Å². The zero-order valence-electron chi connectivity index (χ0n) is 15.2. The van der Waals surface area contributed by atoms with Gasteiger partial charge in [0.15, 0.2) is 5.13 Å². The van der Waals surface area contributed by atoms with Gasteiger partial charge in [-0.25, -0.2) is 15.0 Å². The quantitative estimate of drug-likeness (QED) is 0.356. The van der Waals surface area contributed by atoms with Crippen LogP contribution in [0, 0.1) is 10.1 Å². The molecule has 0 bridgehead atoms. The first-order chi connectivity index (χ1) is 14.1. The van der Waals surface area contributed by atoms with Crippen LogP contribution < -0.4 is 5.32 Å². The molecule has 1 fully saturated rings. The van der Waals surface area contributed by atoms with E-state index in [9.17, 15) is 10.1 Å². The summed E-state index contributed by atoms with van der Waals surface area (Å²) in [7, 11) is 0. The number of halogens is 1. The number of nitrogens with zero attached hydrogens (tertiary/aromatic N) is 5. The second kappa shape index (κ2) is 8.78. The molecule has 3 heterocycles. The van der Waals surface area contributed by atoms with Crippen molar-refractivity contribution in [3.8, 4) is 11.3 Å². The van der Waals surface area contributed by atoms with E-state index in [1.807, 2.05) is 30.3 Å². The molecule has 2 aromatic heterocycles. The van der Waals surface area contributed by atoms with Gasteiger partial charge in [0, 0.05) is 30.1 Å². The zero-order valence-corrected chi connectivity index (χ0v) is 16.8. The molecule has 29 heavy (non-hydrogen) atoms. The van der Waals surface area contributed by atoms with E-state index < -0.39 is 4.92 Å². The van der Waals surface area contributed by atoms with Crippen molar-refractivity contribution in [1.82, 2.24) is 19.9 Å². The lowest BCUT2D eigenvalue weighted by atomic mass is 10.1. The Morgan fingerprint density at radius 1 is 1.24 bits per heavy atom. The van der Waals surface area contributed by atoms with Crippen LogP contribution in [0.2, 0.25) is 5.15 Å². The highest BCUT2D eigenvalue weighted by atomic mass is 35.5. The summed E-state index contributed by atoms with van der Waals surface area (Å²) in [6, 6.07) is 9.84. The molecule has 0 aliphatic carbocycles. The molecule has 0 atom stereocenters. The van der Waals surface area contributed by atoms with Crippen molar-refractivity contribution in [3.63, 3.8) is 0 Å². The minimum Gasteiger partial charge on any atom is -0.379 e. The van der Waals surface area contributed by atoms with Gasteiger partial charge in [0.25, 0.3) is 0 Å². The van der Waals surface area contributed by atoms with Crippen molar-refractivity contribution in [3.05, 3.63) is 56.8 Å². The van der Waals surface area contributed by atoms with E-state index in [-0.39, 0.29) is 16.7 Å². The van der Waals surface area contributed by atoms with Crippen molar-refractivity contribution in [2.45, 2.75) is 6.54 Å². The van der Waals surface area contributed by atoms with Crippen LogP contribution in [0.15, 0.2) is 36.7 Å². The second-order valence-electron chi connectivity index (χ2n) is 6.29. The first-order valence-electron chi connectivity index (χ1n) is 8.89.